The number of likely N-dealkylation sites (tertiary alicyclic amines) is 1. The van der Waals surface area contributed by atoms with E-state index in [0.717, 1.165) is 25.9 Å². The number of fused-ring (bicyclic) bond motifs is 1. The molecular weight excluding hydrogens is 486 g/mol. The van der Waals surface area contributed by atoms with Crippen LogP contribution in [0.15, 0.2) is 24.3 Å². The Kier molecular flexibility index (Phi) is 9.01. The molecule has 3 rings (SSSR count). The van der Waals surface area contributed by atoms with Crippen LogP contribution < -0.4 is 0 Å². The van der Waals surface area contributed by atoms with Crippen molar-refractivity contribution in [2.75, 3.05) is 19.6 Å². The smallest absolute Gasteiger partial charge is 0.309 e. The molecule has 3 aliphatic rings. The van der Waals surface area contributed by atoms with E-state index in [4.69, 9.17) is 9.47 Å². The highest BCUT2D eigenvalue weighted by Crippen LogP contribution is 2.65. The van der Waals surface area contributed by atoms with Crippen LogP contribution in [-0.2, 0) is 23.9 Å². The van der Waals surface area contributed by atoms with Gasteiger partial charge in [0.25, 0.3) is 0 Å². The molecule has 6 atom stereocenters. The second kappa shape index (κ2) is 11.2. The number of hydrogen-bond donors (Lipinski definition) is 2. The zero-order valence-corrected chi connectivity index (χ0v) is 24.0. The molecule has 0 bridgehead atoms. The summed E-state index contributed by atoms with van der Waals surface area (Å²) in [6.45, 7) is 16.5. The Morgan fingerprint density at radius 3 is 2.37 bits per heavy atom. The van der Waals surface area contributed by atoms with Crippen molar-refractivity contribution in [3.8, 4) is 0 Å². The zero-order chi connectivity index (χ0) is 28.5. The van der Waals surface area contributed by atoms with E-state index in [0.29, 0.717) is 18.5 Å². The number of ketones is 1. The van der Waals surface area contributed by atoms with Crippen LogP contribution in [0.1, 0.15) is 86.5 Å². The molecule has 0 aromatic rings. The lowest BCUT2D eigenvalue weighted by Crippen LogP contribution is -2.74. The van der Waals surface area contributed by atoms with Crippen LogP contribution in [-0.4, -0.2) is 70.0 Å². The number of carbonyl (C=O) groups excluding carboxylic acids is 3. The lowest BCUT2D eigenvalue weighted by molar-refractivity contribution is -0.311. The first-order valence-corrected chi connectivity index (χ1v) is 14.1. The number of allylic oxidation sites excluding steroid dienone is 1. The summed E-state index contributed by atoms with van der Waals surface area (Å²) in [6.07, 6.45) is 6.45. The molecule has 1 heterocycles. The third-order valence-electron chi connectivity index (χ3n) is 9.38. The molecule has 0 aromatic heterocycles. The summed E-state index contributed by atoms with van der Waals surface area (Å²) in [7, 11) is 0. The van der Waals surface area contributed by atoms with Gasteiger partial charge in [0.15, 0.2) is 5.78 Å². The third-order valence-corrected chi connectivity index (χ3v) is 9.38. The summed E-state index contributed by atoms with van der Waals surface area (Å²) in [5, 5.41) is 24.7. The number of nitrogens with zero attached hydrogens (tertiary/aromatic N) is 1. The highest BCUT2D eigenvalue weighted by molar-refractivity contribution is 5.90. The van der Waals surface area contributed by atoms with Crippen LogP contribution >= 0.6 is 0 Å². The maximum absolute atomic E-state index is 14.0. The largest absolute Gasteiger partial charge is 0.458 e. The minimum absolute atomic E-state index is 0.0284. The van der Waals surface area contributed by atoms with Crippen molar-refractivity contribution in [2.45, 2.75) is 104 Å². The molecule has 0 spiro atoms. The van der Waals surface area contributed by atoms with E-state index in [1.165, 1.54) is 13.3 Å². The fourth-order valence-electron chi connectivity index (χ4n) is 6.87. The third kappa shape index (κ3) is 5.36. The molecule has 0 aromatic carbocycles. The predicted molar refractivity (Wildman–Crippen MR) is 144 cm³/mol. The first-order chi connectivity index (χ1) is 17.6. The van der Waals surface area contributed by atoms with Crippen LogP contribution in [0.2, 0.25) is 0 Å². The highest BCUT2D eigenvalue weighted by Gasteiger charge is 2.74. The number of hydrogen-bond acceptors (Lipinski definition) is 8. The van der Waals surface area contributed by atoms with Gasteiger partial charge in [0, 0.05) is 32.2 Å². The van der Waals surface area contributed by atoms with Gasteiger partial charge in [-0.15, -0.1) is 6.58 Å². The Balaban J connectivity index is 2.07. The first kappa shape index (κ1) is 30.5. The topological polar surface area (TPSA) is 113 Å². The summed E-state index contributed by atoms with van der Waals surface area (Å²) in [5.41, 5.74) is -3.88. The van der Waals surface area contributed by atoms with E-state index < -0.39 is 52.0 Å². The lowest BCUT2D eigenvalue weighted by atomic mass is 9.45. The van der Waals surface area contributed by atoms with E-state index in [2.05, 4.69) is 11.5 Å². The van der Waals surface area contributed by atoms with E-state index in [-0.39, 0.29) is 25.2 Å². The predicted octanol–water partition coefficient (Wildman–Crippen LogP) is 3.94. The number of rotatable bonds is 9. The fraction of sp³-hybridized carbons (Fsp3) is 0.767. The Bertz CT molecular complexity index is 968. The zero-order valence-electron chi connectivity index (χ0n) is 24.0. The average molecular weight is 534 g/mol. The van der Waals surface area contributed by atoms with Crippen LogP contribution in [0, 0.1) is 22.7 Å². The summed E-state index contributed by atoms with van der Waals surface area (Å²) in [4.78, 5) is 41.3. The van der Waals surface area contributed by atoms with E-state index in [1.54, 1.807) is 26.0 Å². The van der Waals surface area contributed by atoms with Crippen molar-refractivity contribution < 1.29 is 34.1 Å². The molecule has 8 heteroatoms. The second-order valence-corrected chi connectivity index (χ2v) is 12.5. The van der Waals surface area contributed by atoms with Crippen molar-refractivity contribution >= 4 is 17.7 Å². The minimum Gasteiger partial charge on any atom is -0.458 e. The van der Waals surface area contributed by atoms with Crippen molar-refractivity contribution in [3.05, 3.63) is 24.3 Å². The molecule has 2 N–H and O–H groups in total. The Morgan fingerprint density at radius 2 is 1.79 bits per heavy atom. The average Bonchev–Trinajstić information content (AvgIpc) is 2.86. The number of esters is 2. The molecule has 0 amide bonds. The molecular formula is C30H47NO7. The van der Waals surface area contributed by atoms with Gasteiger partial charge in [0.2, 0.25) is 5.79 Å². The van der Waals surface area contributed by atoms with Gasteiger partial charge in [-0.1, -0.05) is 40.2 Å². The van der Waals surface area contributed by atoms with Gasteiger partial charge < -0.3 is 24.6 Å². The normalized spacial score (nSPS) is 35.8. The molecule has 0 radical (unpaired) electrons. The molecule has 38 heavy (non-hydrogen) atoms. The number of aliphatic hydroxyl groups is 2. The standard InChI is InChI=1S/C30H47NO7/c1-8-20(2)18-25(33)30(36)21(3)23(37-22(4)32)19-24-27(5,6)13-14-29(35,28(24,30)7)38-26(34)12-17-31-15-10-9-11-16-31/h8,19-21,23,35-36H,1,9-18H2,2-7H3/t20-,21+,23-,28-,29+,30-/m1/s1. The molecule has 2 aliphatic carbocycles. The second-order valence-electron chi connectivity index (χ2n) is 12.5. The molecule has 1 saturated heterocycles. The molecule has 0 unspecified atom stereocenters. The Labute approximate surface area is 227 Å². The van der Waals surface area contributed by atoms with Crippen molar-refractivity contribution in [3.63, 3.8) is 0 Å². The summed E-state index contributed by atoms with van der Waals surface area (Å²) < 4.78 is 11.5. The van der Waals surface area contributed by atoms with Crippen molar-refractivity contribution in [1.82, 2.24) is 4.90 Å². The Hall–Kier alpha value is -2.03. The molecule has 8 nitrogen and oxygen atoms in total. The summed E-state index contributed by atoms with van der Waals surface area (Å²) >= 11 is 0. The van der Waals surface area contributed by atoms with Gasteiger partial charge in [0.1, 0.15) is 11.7 Å². The maximum atomic E-state index is 14.0. The molecule has 1 aliphatic heterocycles. The van der Waals surface area contributed by atoms with Crippen LogP contribution in [0.5, 0.6) is 0 Å². The molecule has 1 saturated carbocycles. The first-order valence-electron chi connectivity index (χ1n) is 14.1. The highest BCUT2D eigenvalue weighted by atomic mass is 16.7. The summed E-state index contributed by atoms with van der Waals surface area (Å²) in [6, 6.07) is 0. The maximum Gasteiger partial charge on any atom is 0.309 e. The monoisotopic (exact) mass is 533 g/mol. The van der Waals surface area contributed by atoms with E-state index in [9.17, 15) is 24.6 Å². The van der Waals surface area contributed by atoms with Gasteiger partial charge in [-0.3, -0.25) is 14.4 Å². The molecule has 2 fully saturated rings. The Morgan fingerprint density at radius 1 is 1.16 bits per heavy atom. The van der Waals surface area contributed by atoms with Crippen LogP contribution in [0.4, 0.5) is 0 Å². The summed E-state index contributed by atoms with van der Waals surface area (Å²) in [5.74, 6) is -4.89. The van der Waals surface area contributed by atoms with Gasteiger partial charge >= 0.3 is 11.9 Å². The fourth-order valence-corrected chi connectivity index (χ4v) is 6.87. The SMILES string of the molecule is C=C[C@@H](C)CC(=O)[C@]1(O)[C@@H](C)[C@H](OC(C)=O)C=C2C(C)(C)CC[C@](O)(OC(=O)CCN3CCCCC3)[C@@]21C. The van der Waals surface area contributed by atoms with Gasteiger partial charge in [-0.05, 0) is 62.3 Å². The van der Waals surface area contributed by atoms with E-state index in [1.807, 2.05) is 20.8 Å². The van der Waals surface area contributed by atoms with E-state index >= 15 is 0 Å². The van der Waals surface area contributed by atoms with Gasteiger partial charge in [0.05, 0.1) is 11.8 Å². The number of carbonyl (C=O) groups is 3. The van der Waals surface area contributed by atoms with Crippen LogP contribution in [0.25, 0.3) is 0 Å². The van der Waals surface area contributed by atoms with Crippen molar-refractivity contribution in [1.29, 1.82) is 0 Å². The minimum atomic E-state index is -2.19. The van der Waals surface area contributed by atoms with Gasteiger partial charge in [-0.25, -0.2) is 0 Å². The number of Topliss-reactive ketones (excluding diaryl/α,β-unsaturated/α-hetero) is 1. The molecule has 214 valence electrons. The van der Waals surface area contributed by atoms with Crippen molar-refractivity contribution in [2.24, 2.45) is 22.7 Å². The van der Waals surface area contributed by atoms with Crippen LogP contribution in [0.3, 0.4) is 0 Å². The number of piperidine rings is 1. The lowest BCUT2D eigenvalue weighted by Gasteiger charge is -2.63. The quantitative estimate of drug-likeness (QED) is 0.260. The van der Waals surface area contributed by atoms with Gasteiger partial charge in [-0.2, -0.15) is 0 Å². The number of ether oxygens (including phenoxy) is 2.